The molecule has 0 aromatic carbocycles. The van der Waals surface area contributed by atoms with Gasteiger partial charge in [0.2, 0.25) is 0 Å². The number of carbonyl (C=O) groups excluding carboxylic acids is 1. The number of carbonyl (C=O) groups is 1. The van der Waals surface area contributed by atoms with E-state index in [9.17, 15) is 4.79 Å². The molecular formula is C8H10O2. The van der Waals surface area contributed by atoms with Crippen LogP contribution >= 0.6 is 0 Å². The Bertz CT molecular complexity index is 223. The Labute approximate surface area is 59.8 Å². The van der Waals surface area contributed by atoms with E-state index in [1.54, 1.807) is 6.07 Å². The van der Waals surface area contributed by atoms with Gasteiger partial charge in [-0.05, 0) is 6.07 Å². The molecule has 0 aliphatic carbocycles. The van der Waals surface area contributed by atoms with Gasteiger partial charge in [0.15, 0.2) is 6.29 Å². The molecular weight excluding hydrogens is 128 g/mol. The van der Waals surface area contributed by atoms with Gasteiger partial charge in [0.05, 0.1) is 5.56 Å². The third-order valence-electron chi connectivity index (χ3n) is 1.35. The molecule has 0 amide bonds. The van der Waals surface area contributed by atoms with Gasteiger partial charge in [-0.25, -0.2) is 0 Å². The molecule has 54 valence electrons. The number of hydrogen-bond acceptors (Lipinski definition) is 2. The van der Waals surface area contributed by atoms with E-state index in [1.807, 2.05) is 13.8 Å². The molecule has 0 radical (unpaired) electrons. The van der Waals surface area contributed by atoms with E-state index in [1.165, 1.54) is 6.26 Å². The van der Waals surface area contributed by atoms with Crippen molar-refractivity contribution in [1.29, 1.82) is 0 Å². The van der Waals surface area contributed by atoms with E-state index in [-0.39, 0.29) is 0 Å². The monoisotopic (exact) mass is 138 g/mol. The molecule has 1 heterocycles. The highest BCUT2D eigenvalue weighted by atomic mass is 16.3. The van der Waals surface area contributed by atoms with Gasteiger partial charge in [0.1, 0.15) is 12.0 Å². The van der Waals surface area contributed by atoms with Crippen LogP contribution in [-0.2, 0) is 0 Å². The summed E-state index contributed by atoms with van der Waals surface area (Å²) in [7, 11) is 0. The first kappa shape index (κ1) is 7.06. The van der Waals surface area contributed by atoms with Crippen LogP contribution in [0.5, 0.6) is 0 Å². The Morgan fingerprint density at radius 2 is 2.30 bits per heavy atom. The number of rotatable bonds is 2. The maximum atomic E-state index is 10.2. The Hall–Kier alpha value is -1.05. The summed E-state index contributed by atoms with van der Waals surface area (Å²) < 4.78 is 5.09. The second-order valence-corrected chi connectivity index (χ2v) is 2.55. The first-order chi connectivity index (χ1) is 4.74. The Kier molecular flexibility index (Phi) is 1.90. The maximum absolute atomic E-state index is 10.2. The summed E-state index contributed by atoms with van der Waals surface area (Å²) in [5.41, 5.74) is 0.615. The summed E-state index contributed by atoms with van der Waals surface area (Å²) in [6, 6.07) is 1.76. The highest BCUT2D eigenvalue weighted by molar-refractivity contribution is 5.74. The van der Waals surface area contributed by atoms with Crippen molar-refractivity contribution in [2.24, 2.45) is 0 Å². The van der Waals surface area contributed by atoms with Crippen LogP contribution in [0.2, 0.25) is 0 Å². The molecule has 0 N–H and O–H groups in total. The van der Waals surface area contributed by atoms with Crippen molar-refractivity contribution >= 4 is 6.29 Å². The molecule has 2 nitrogen and oxygen atoms in total. The Morgan fingerprint density at radius 1 is 1.60 bits per heavy atom. The summed E-state index contributed by atoms with van der Waals surface area (Å²) in [4.78, 5) is 10.2. The molecule has 0 saturated carbocycles. The summed E-state index contributed by atoms with van der Waals surface area (Å²) in [6.45, 7) is 4.04. The maximum Gasteiger partial charge on any atom is 0.153 e. The molecule has 1 rings (SSSR count). The molecule has 1 aromatic heterocycles. The summed E-state index contributed by atoms with van der Waals surface area (Å²) in [5, 5.41) is 0. The first-order valence-electron chi connectivity index (χ1n) is 3.27. The van der Waals surface area contributed by atoms with E-state index in [0.717, 1.165) is 12.0 Å². The number of hydrogen-bond donors (Lipinski definition) is 0. The quantitative estimate of drug-likeness (QED) is 0.586. The molecule has 0 bridgehead atoms. The lowest BCUT2D eigenvalue weighted by Gasteiger charge is -1.95. The minimum atomic E-state index is 0.355. The normalized spacial score (nSPS) is 10.3. The van der Waals surface area contributed by atoms with Gasteiger partial charge in [-0.2, -0.15) is 0 Å². The molecule has 0 spiro atoms. The van der Waals surface area contributed by atoms with Crippen LogP contribution in [-0.4, -0.2) is 6.29 Å². The molecule has 0 saturated heterocycles. The SMILES string of the molecule is CC(C)c1cc(C=O)co1. The Morgan fingerprint density at radius 3 is 2.60 bits per heavy atom. The van der Waals surface area contributed by atoms with E-state index < -0.39 is 0 Å². The third-order valence-corrected chi connectivity index (χ3v) is 1.35. The van der Waals surface area contributed by atoms with Crippen LogP contribution in [0.4, 0.5) is 0 Å². The predicted octanol–water partition coefficient (Wildman–Crippen LogP) is 2.22. The van der Waals surface area contributed by atoms with Crippen LogP contribution in [0, 0.1) is 0 Å². The lowest BCUT2D eigenvalue weighted by molar-refractivity contribution is 0.112. The average molecular weight is 138 g/mol. The second kappa shape index (κ2) is 2.69. The standard InChI is InChI=1S/C8H10O2/c1-6(2)8-3-7(4-9)5-10-8/h3-6H,1-2H3. The van der Waals surface area contributed by atoms with Crippen molar-refractivity contribution in [2.45, 2.75) is 19.8 Å². The average Bonchev–Trinajstić information content (AvgIpc) is 2.34. The summed E-state index contributed by atoms with van der Waals surface area (Å²) >= 11 is 0. The smallest absolute Gasteiger partial charge is 0.153 e. The molecule has 0 fully saturated rings. The van der Waals surface area contributed by atoms with Gasteiger partial charge in [0.25, 0.3) is 0 Å². The van der Waals surface area contributed by atoms with Crippen molar-refractivity contribution in [3.8, 4) is 0 Å². The fourth-order valence-corrected chi connectivity index (χ4v) is 0.733. The zero-order valence-corrected chi connectivity index (χ0v) is 6.13. The molecule has 0 atom stereocenters. The van der Waals surface area contributed by atoms with Crippen LogP contribution in [0.15, 0.2) is 16.7 Å². The van der Waals surface area contributed by atoms with Crippen molar-refractivity contribution in [3.05, 3.63) is 23.7 Å². The van der Waals surface area contributed by atoms with Crippen LogP contribution in [0.25, 0.3) is 0 Å². The molecule has 10 heavy (non-hydrogen) atoms. The van der Waals surface area contributed by atoms with E-state index in [0.29, 0.717) is 11.5 Å². The van der Waals surface area contributed by atoms with Gasteiger partial charge >= 0.3 is 0 Å². The van der Waals surface area contributed by atoms with Crippen molar-refractivity contribution in [1.82, 2.24) is 0 Å². The summed E-state index contributed by atoms with van der Waals surface area (Å²) in [6.07, 6.45) is 2.26. The number of furan rings is 1. The molecule has 0 aliphatic heterocycles. The molecule has 0 unspecified atom stereocenters. The Balaban J connectivity index is 2.88. The highest BCUT2D eigenvalue weighted by Crippen LogP contribution is 2.15. The first-order valence-corrected chi connectivity index (χ1v) is 3.27. The van der Waals surface area contributed by atoms with Gasteiger partial charge in [-0.3, -0.25) is 4.79 Å². The molecule has 2 heteroatoms. The summed E-state index contributed by atoms with van der Waals surface area (Å²) in [5.74, 6) is 1.22. The minimum absolute atomic E-state index is 0.355. The zero-order chi connectivity index (χ0) is 7.56. The van der Waals surface area contributed by atoms with E-state index in [4.69, 9.17) is 4.42 Å². The third kappa shape index (κ3) is 1.26. The van der Waals surface area contributed by atoms with Crippen LogP contribution in [0.3, 0.4) is 0 Å². The van der Waals surface area contributed by atoms with Crippen LogP contribution < -0.4 is 0 Å². The van der Waals surface area contributed by atoms with E-state index >= 15 is 0 Å². The van der Waals surface area contributed by atoms with Crippen molar-refractivity contribution in [3.63, 3.8) is 0 Å². The zero-order valence-electron chi connectivity index (χ0n) is 6.13. The van der Waals surface area contributed by atoms with Crippen LogP contribution in [0.1, 0.15) is 35.9 Å². The topological polar surface area (TPSA) is 30.2 Å². The fourth-order valence-electron chi connectivity index (χ4n) is 0.733. The lowest BCUT2D eigenvalue weighted by Crippen LogP contribution is -1.80. The van der Waals surface area contributed by atoms with Gasteiger partial charge in [-0.1, -0.05) is 13.8 Å². The molecule has 0 aliphatic rings. The molecule has 1 aromatic rings. The minimum Gasteiger partial charge on any atom is -0.468 e. The van der Waals surface area contributed by atoms with E-state index in [2.05, 4.69) is 0 Å². The van der Waals surface area contributed by atoms with Gasteiger partial charge < -0.3 is 4.42 Å². The predicted molar refractivity (Wildman–Crippen MR) is 38.2 cm³/mol. The van der Waals surface area contributed by atoms with Crippen molar-refractivity contribution < 1.29 is 9.21 Å². The lowest BCUT2D eigenvalue weighted by atomic mass is 10.1. The van der Waals surface area contributed by atoms with Gasteiger partial charge in [-0.15, -0.1) is 0 Å². The van der Waals surface area contributed by atoms with Crippen molar-refractivity contribution in [2.75, 3.05) is 0 Å². The highest BCUT2D eigenvalue weighted by Gasteiger charge is 2.03. The number of aldehydes is 1. The van der Waals surface area contributed by atoms with Gasteiger partial charge in [0, 0.05) is 5.92 Å². The largest absolute Gasteiger partial charge is 0.468 e. The second-order valence-electron chi connectivity index (χ2n) is 2.55. The fraction of sp³-hybridized carbons (Fsp3) is 0.375.